The topological polar surface area (TPSA) is 108 Å². The molecule has 3 aromatic rings. The molecule has 0 bridgehead atoms. The van der Waals surface area contributed by atoms with Gasteiger partial charge in [0.2, 0.25) is 0 Å². The monoisotopic (exact) mass is 456 g/mol. The molecule has 4 rings (SSSR count). The van der Waals surface area contributed by atoms with Crippen LogP contribution >= 0.6 is 11.6 Å². The number of urea groups is 1. The Bertz CT molecular complexity index is 1180. The summed E-state index contributed by atoms with van der Waals surface area (Å²) in [5, 5.41) is 9.25. The van der Waals surface area contributed by atoms with Gasteiger partial charge in [-0.15, -0.1) is 0 Å². The van der Waals surface area contributed by atoms with Crippen LogP contribution in [0.15, 0.2) is 46.8 Å². The highest BCUT2D eigenvalue weighted by atomic mass is 35.5. The third-order valence-corrected chi connectivity index (χ3v) is 5.13. The number of aryl methyl sites for hydroxylation is 1. The highest BCUT2D eigenvalue weighted by molar-refractivity contribution is 6.34. The molecule has 1 aliphatic rings. The number of carbonyl (C=O) groups is 1. The van der Waals surface area contributed by atoms with E-state index < -0.39 is 6.03 Å². The van der Waals surface area contributed by atoms with Crippen molar-refractivity contribution in [1.82, 2.24) is 10.1 Å². The molecule has 2 N–H and O–H groups in total. The van der Waals surface area contributed by atoms with E-state index in [-0.39, 0.29) is 6.10 Å². The minimum Gasteiger partial charge on any atom is -0.498 e. The second-order valence-electron chi connectivity index (χ2n) is 6.99. The average molecular weight is 457 g/mol. The number of halogens is 1. The van der Waals surface area contributed by atoms with E-state index in [1.807, 2.05) is 6.08 Å². The second kappa shape index (κ2) is 9.29. The van der Waals surface area contributed by atoms with Crippen LogP contribution in [0, 0.1) is 6.92 Å². The molecule has 0 radical (unpaired) electrons. The van der Waals surface area contributed by atoms with Crippen molar-refractivity contribution in [3.8, 4) is 11.5 Å². The predicted octanol–water partition coefficient (Wildman–Crippen LogP) is 5.03. The Hall–Kier alpha value is -3.56. The number of pyridine rings is 1. The smallest absolute Gasteiger partial charge is 0.324 e. The highest BCUT2D eigenvalue weighted by Crippen LogP contribution is 2.35. The summed E-state index contributed by atoms with van der Waals surface area (Å²) in [5.41, 5.74) is 2.08. The fourth-order valence-corrected chi connectivity index (χ4v) is 3.50. The molecule has 10 heteroatoms. The first kappa shape index (κ1) is 21.7. The van der Waals surface area contributed by atoms with Crippen molar-refractivity contribution in [2.75, 3.05) is 24.9 Å². The van der Waals surface area contributed by atoms with Crippen LogP contribution in [-0.2, 0) is 15.9 Å². The molecule has 2 heterocycles. The molecule has 0 spiro atoms. The molecule has 1 atom stereocenters. The zero-order valence-electron chi connectivity index (χ0n) is 17.6. The third kappa shape index (κ3) is 4.68. The number of benzene rings is 1. The quantitative estimate of drug-likeness (QED) is 0.535. The number of anilines is 2. The SMILES string of the molecule is COC1=Cc2c(Oc3ccc(NC(=O)Nc4cc(C)on4)c(Cl)c3)ccnc2C[C@H]1OC. The molecule has 166 valence electrons. The molecule has 0 unspecified atom stereocenters. The number of methoxy groups -OCH3 is 2. The molecular weight excluding hydrogens is 436 g/mol. The van der Waals surface area contributed by atoms with E-state index in [0.29, 0.717) is 46.0 Å². The number of amides is 2. The number of hydrogen-bond donors (Lipinski definition) is 2. The number of rotatable bonds is 6. The largest absolute Gasteiger partial charge is 0.498 e. The Balaban J connectivity index is 1.49. The van der Waals surface area contributed by atoms with Gasteiger partial charge in [-0.1, -0.05) is 16.8 Å². The van der Waals surface area contributed by atoms with Crippen molar-refractivity contribution in [2.24, 2.45) is 0 Å². The van der Waals surface area contributed by atoms with Crippen molar-refractivity contribution in [3.05, 3.63) is 64.3 Å². The molecule has 9 nitrogen and oxygen atoms in total. The fourth-order valence-electron chi connectivity index (χ4n) is 3.29. The normalized spacial score (nSPS) is 14.9. The maximum atomic E-state index is 12.2. The summed E-state index contributed by atoms with van der Waals surface area (Å²) in [5.74, 6) is 2.70. The van der Waals surface area contributed by atoms with Crippen LogP contribution in [0.5, 0.6) is 11.5 Å². The van der Waals surface area contributed by atoms with E-state index in [4.69, 9.17) is 30.3 Å². The molecule has 0 saturated carbocycles. The van der Waals surface area contributed by atoms with Crippen LogP contribution in [0.25, 0.3) is 6.08 Å². The van der Waals surface area contributed by atoms with Crippen molar-refractivity contribution >= 4 is 35.2 Å². The molecule has 0 fully saturated rings. The molecule has 0 aliphatic heterocycles. The van der Waals surface area contributed by atoms with E-state index in [1.54, 1.807) is 57.7 Å². The number of carbonyl (C=O) groups excluding carboxylic acids is 1. The molecule has 32 heavy (non-hydrogen) atoms. The zero-order valence-corrected chi connectivity index (χ0v) is 18.4. The number of ether oxygens (including phenoxy) is 3. The van der Waals surface area contributed by atoms with Crippen LogP contribution in [0.4, 0.5) is 16.3 Å². The Morgan fingerprint density at radius 3 is 2.75 bits per heavy atom. The summed E-state index contributed by atoms with van der Waals surface area (Å²) in [4.78, 5) is 16.6. The second-order valence-corrected chi connectivity index (χ2v) is 7.40. The molecule has 0 saturated heterocycles. The number of nitrogens with one attached hydrogen (secondary N) is 2. The first-order chi connectivity index (χ1) is 15.5. The van der Waals surface area contributed by atoms with Crippen molar-refractivity contribution in [2.45, 2.75) is 19.4 Å². The molecule has 1 aliphatic carbocycles. The highest BCUT2D eigenvalue weighted by Gasteiger charge is 2.25. The molecule has 2 aromatic heterocycles. The van der Waals surface area contributed by atoms with Crippen LogP contribution < -0.4 is 15.4 Å². The summed E-state index contributed by atoms with van der Waals surface area (Å²) in [6.45, 7) is 1.73. The van der Waals surface area contributed by atoms with Gasteiger partial charge in [0.15, 0.2) is 5.82 Å². The van der Waals surface area contributed by atoms with Crippen LogP contribution in [-0.4, -0.2) is 36.5 Å². The number of fused-ring (bicyclic) bond motifs is 1. The maximum absolute atomic E-state index is 12.2. The van der Waals surface area contributed by atoms with Gasteiger partial charge in [-0.25, -0.2) is 4.79 Å². The number of aromatic nitrogens is 2. The molecule has 2 amide bonds. The zero-order chi connectivity index (χ0) is 22.7. The van der Waals surface area contributed by atoms with Gasteiger partial charge in [-0.05, 0) is 31.2 Å². The van der Waals surface area contributed by atoms with Crippen LogP contribution in [0.1, 0.15) is 17.0 Å². The summed E-state index contributed by atoms with van der Waals surface area (Å²) >= 11 is 6.36. The average Bonchev–Trinajstić information content (AvgIpc) is 3.19. The van der Waals surface area contributed by atoms with Crippen molar-refractivity contribution in [1.29, 1.82) is 0 Å². The maximum Gasteiger partial charge on any atom is 0.324 e. The van der Waals surface area contributed by atoms with Gasteiger partial charge in [0.05, 0.1) is 23.5 Å². The number of hydrogen-bond acceptors (Lipinski definition) is 7. The standard InChI is InChI=1S/C22H21ClN4O5/c1-12-8-21(27-32-12)26-22(28)25-16-5-4-13(9-15(16)23)31-18-6-7-24-17-11-20(30-3)19(29-2)10-14(17)18/h4-10,20H,11H2,1-3H3,(H2,25,26,27,28)/t20-/m1/s1. The minimum atomic E-state index is -0.498. The third-order valence-electron chi connectivity index (χ3n) is 4.82. The molecule has 1 aromatic carbocycles. The summed E-state index contributed by atoms with van der Waals surface area (Å²) in [7, 11) is 3.23. The lowest BCUT2D eigenvalue weighted by atomic mass is 9.98. The summed E-state index contributed by atoms with van der Waals surface area (Å²) in [6.07, 6.45) is 3.93. The lowest BCUT2D eigenvalue weighted by Gasteiger charge is -2.24. The van der Waals surface area contributed by atoms with Crippen LogP contribution in [0.3, 0.4) is 0 Å². The van der Waals surface area contributed by atoms with Gasteiger partial charge in [-0.3, -0.25) is 10.3 Å². The van der Waals surface area contributed by atoms with Gasteiger partial charge < -0.3 is 24.1 Å². The van der Waals surface area contributed by atoms with Gasteiger partial charge in [0.1, 0.15) is 29.1 Å². The predicted molar refractivity (Wildman–Crippen MR) is 119 cm³/mol. The van der Waals surface area contributed by atoms with Crippen molar-refractivity contribution in [3.63, 3.8) is 0 Å². The first-order valence-electron chi connectivity index (χ1n) is 9.72. The van der Waals surface area contributed by atoms with Gasteiger partial charge in [0, 0.05) is 37.4 Å². The Morgan fingerprint density at radius 1 is 1.22 bits per heavy atom. The van der Waals surface area contributed by atoms with Gasteiger partial charge in [0.25, 0.3) is 0 Å². The van der Waals surface area contributed by atoms with Crippen molar-refractivity contribution < 1.29 is 23.5 Å². The first-order valence-corrected chi connectivity index (χ1v) is 10.1. The minimum absolute atomic E-state index is 0.192. The summed E-state index contributed by atoms with van der Waals surface area (Å²) in [6, 6.07) is 7.84. The lowest BCUT2D eigenvalue weighted by molar-refractivity contribution is 0.0786. The Labute approximate surface area is 189 Å². The Kier molecular flexibility index (Phi) is 6.29. The van der Waals surface area contributed by atoms with E-state index in [2.05, 4.69) is 20.8 Å². The van der Waals surface area contributed by atoms with E-state index in [9.17, 15) is 4.79 Å². The van der Waals surface area contributed by atoms with E-state index in [0.717, 1.165) is 11.3 Å². The summed E-state index contributed by atoms with van der Waals surface area (Å²) < 4.78 is 21.9. The fraction of sp³-hybridized carbons (Fsp3) is 0.227. The van der Waals surface area contributed by atoms with E-state index in [1.165, 1.54) is 0 Å². The van der Waals surface area contributed by atoms with E-state index >= 15 is 0 Å². The Morgan fingerprint density at radius 2 is 2.06 bits per heavy atom. The van der Waals surface area contributed by atoms with Gasteiger partial charge >= 0.3 is 6.03 Å². The van der Waals surface area contributed by atoms with Gasteiger partial charge in [-0.2, -0.15) is 0 Å². The molecular formula is C22H21ClN4O5. The van der Waals surface area contributed by atoms with Crippen LogP contribution in [0.2, 0.25) is 5.02 Å². The lowest BCUT2D eigenvalue weighted by Crippen LogP contribution is -2.23. The number of nitrogens with zero attached hydrogens (tertiary/aromatic N) is 2.